The SMILES string of the molecule is CCNc1sc(Cl)c([N+](=O)[O-])c1[N+](=O)[O-]. The summed E-state index contributed by atoms with van der Waals surface area (Å²) < 4.78 is -0.192. The van der Waals surface area contributed by atoms with Gasteiger partial charge in [0.2, 0.25) is 0 Å². The Bertz CT molecular complexity index is 419. The topological polar surface area (TPSA) is 98.3 Å². The average molecular weight is 252 g/mol. The molecular formula is C6H6ClN3O4S. The zero-order valence-corrected chi connectivity index (χ0v) is 9.09. The lowest BCUT2D eigenvalue weighted by atomic mass is 10.4. The van der Waals surface area contributed by atoms with Gasteiger partial charge in [0.1, 0.15) is 0 Å². The second-order valence-corrected chi connectivity index (χ2v) is 4.07. The molecule has 0 saturated heterocycles. The molecule has 0 radical (unpaired) electrons. The molecule has 82 valence electrons. The molecule has 1 heterocycles. The molecule has 0 aromatic carbocycles. The lowest BCUT2D eigenvalue weighted by molar-refractivity contribution is -0.421. The maximum atomic E-state index is 10.6. The number of nitrogens with one attached hydrogen (secondary N) is 1. The molecule has 9 heteroatoms. The third kappa shape index (κ3) is 2.16. The Balaban J connectivity index is 3.37. The Morgan fingerprint density at radius 1 is 1.33 bits per heavy atom. The van der Waals surface area contributed by atoms with E-state index >= 15 is 0 Å². The van der Waals surface area contributed by atoms with Gasteiger partial charge in [0.05, 0.1) is 9.85 Å². The van der Waals surface area contributed by atoms with E-state index in [1.165, 1.54) is 0 Å². The van der Waals surface area contributed by atoms with Crippen molar-refractivity contribution in [1.82, 2.24) is 0 Å². The number of halogens is 1. The molecule has 0 spiro atoms. The van der Waals surface area contributed by atoms with E-state index in [-0.39, 0.29) is 9.34 Å². The van der Waals surface area contributed by atoms with Gasteiger partial charge in [-0.3, -0.25) is 20.2 Å². The zero-order chi connectivity index (χ0) is 11.6. The Hall–Kier alpha value is -1.41. The fraction of sp³-hybridized carbons (Fsp3) is 0.333. The van der Waals surface area contributed by atoms with Crippen LogP contribution in [0.1, 0.15) is 6.92 Å². The van der Waals surface area contributed by atoms with Crippen molar-refractivity contribution in [1.29, 1.82) is 0 Å². The van der Waals surface area contributed by atoms with Crippen LogP contribution in [0.25, 0.3) is 0 Å². The number of thiophene rings is 1. The summed E-state index contributed by atoms with van der Waals surface area (Å²) in [6.45, 7) is 2.15. The minimum atomic E-state index is -0.849. The molecule has 0 amide bonds. The van der Waals surface area contributed by atoms with Gasteiger partial charge in [0.25, 0.3) is 0 Å². The van der Waals surface area contributed by atoms with Gasteiger partial charge in [-0.2, -0.15) is 0 Å². The number of rotatable bonds is 4. The molecule has 0 bridgehead atoms. The summed E-state index contributed by atoms with van der Waals surface area (Å²) in [7, 11) is 0. The van der Waals surface area contributed by atoms with Crippen LogP contribution in [-0.2, 0) is 0 Å². The molecule has 0 aliphatic heterocycles. The van der Waals surface area contributed by atoms with Crippen LogP contribution in [0.2, 0.25) is 4.34 Å². The molecule has 1 aromatic rings. The summed E-state index contributed by atoms with van der Waals surface area (Å²) in [6.07, 6.45) is 0. The van der Waals surface area contributed by atoms with Gasteiger partial charge in [0.15, 0.2) is 9.34 Å². The minimum Gasteiger partial charge on any atom is -0.371 e. The van der Waals surface area contributed by atoms with Crippen LogP contribution in [0.5, 0.6) is 0 Å². The first-order chi connectivity index (χ1) is 6.99. The second-order valence-electron chi connectivity index (χ2n) is 2.45. The highest BCUT2D eigenvalue weighted by atomic mass is 35.5. The van der Waals surface area contributed by atoms with E-state index in [1.807, 2.05) is 0 Å². The van der Waals surface area contributed by atoms with E-state index in [1.54, 1.807) is 6.92 Å². The number of anilines is 1. The molecule has 0 saturated carbocycles. The predicted molar refractivity (Wildman–Crippen MR) is 56.8 cm³/mol. The zero-order valence-electron chi connectivity index (χ0n) is 7.52. The van der Waals surface area contributed by atoms with E-state index < -0.39 is 21.2 Å². The lowest BCUT2D eigenvalue weighted by Gasteiger charge is -1.96. The quantitative estimate of drug-likeness (QED) is 0.655. The van der Waals surface area contributed by atoms with Gasteiger partial charge in [-0.05, 0) is 6.92 Å². The number of hydrogen-bond donors (Lipinski definition) is 1. The smallest absolute Gasteiger partial charge is 0.371 e. The highest BCUT2D eigenvalue weighted by molar-refractivity contribution is 7.21. The van der Waals surface area contributed by atoms with Crippen molar-refractivity contribution in [3.63, 3.8) is 0 Å². The second kappa shape index (κ2) is 4.41. The maximum absolute atomic E-state index is 10.6. The van der Waals surface area contributed by atoms with Crippen LogP contribution in [-0.4, -0.2) is 16.4 Å². The van der Waals surface area contributed by atoms with Gasteiger partial charge in [0, 0.05) is 6.54 Å². The van der Waals surface area contributed by atoms with Crippen LogP contribution >= 0.6 is 22.9 Å². The summed E-state index contributed by atoms with van der Waals surface area (Å²) in [5.74, 6) is 0. The van der Waals surface area contributed by atoms with Crippen molar-refractivity contribution >= 4 is 39.3 Å². The van der Waals surface area contributed by atoms with Gasteiger partial charge in [-0.25, -0.2) is 0 Å². The molecule has 15 heavy (non-hydrogen) atoms. The maximum Gasteiger partial charge on any atom is 0.381 e. The van der Waals surface area contributed by atoms with Crippen LogP contribution in [0.15, 0.2) is 0 Å². The van der Waals surface area contributed by atoms with Gasteiger partial charge >= 0.3 is 11.4 Å². The van der Waals surface area contributed by atoms with Crippen molar-refractivity contribution in [3.8, 4) is 0 Å². The fourth-order valence-electron chi connectivity index (χ4n) is 0.995. The molecular weight excluding hydrogens is 246 g/mol. The number of nitro groups is 2. The van der Waals surface area contributed by atoms with E-state index in [0.29, 0.717) is 6.54 Å². The van der Waals surface area contributed by atoms with Crippen LogP contribution in [0, 0.1) is 20.2 Å². The van der Waals surface area contributed by atoms with Crippen molar-refractivity contribution in [2.24, 2.45) is 0 Å². The van der Waals surface area contributed by atoms with E-state index in [9.17, 15) is 20.2 Å². The third-order valence-electron chi connectivity index (χ3n) is 1.52. The average Bonchev–Trinajstić information content (AvgIpc) is 2.42. The summed E-state index contributed by atoms with van der Waals surface area (Å²) in [4.78, 5) is 19.5. The van der Waals surface area contributed by atoms with E-state index in [4.69, 9.17) is 11.6 Å². The lowest BCUT2D eigenvalue weighted by Crippen LogP contribution is -1.99. The summed E-state index contributed by atoms with van der Waals surface area (Å²) >= 11 is 6.35. The molecule has 7 nitrogen and oxygen atoms in total. The fourth-order valence-corrected chi connectivity index (χ4v) is 2.32. The van der Waals surface area contributed by atoms with Crippen molar-refractivity contribution in [2.45, 2.75) is 6.92 Å². The molecule has 0 aliphatic rings. The monoisotopic (exact) mass is 251 g/mol. The normalized spacial score (nSPS) is 10.0. The summed E-state index contributed by atoms with van der Waals surface area (Å²) in [5, 5.41) is 24.0. The molecule has 0 fully saturated rings. The van der Waals surface area contributed by atoms with Gasteiger partial charge in [-0.15, -0.1) is 0 Å². The molecule has 1 rings (SSSR count). The Morgan fingerprint density at radius 2 is 1.87 bits per heavy atom. The third-order valence-corrected chi connectivity index (χ3v) is 2.84. The standard InChI is InChI=1S/C6H6ClN3O4S/c1-2-8-6-4(10(13)14)3(9(11)12)5(7)15-6/h8H,2H2,1H3. The van der Waals surface area contributed by atoms with Gasteiger partial charge < -0.3 is 5.32 Å². The molecule has 1 aromatic heterocycles. The van der Waals surface area contributed by atoms with Crippen LogP contribution in [0.3, 0.4) is 0 Å². The number of hydrogen-bond acceptors (Lipinski definition) is 6. The predicted octanol–water partition coefficient (Wildman–Crippen LogP) is 2.65. The highest BCUT2D eigenvalue weighted by Gasteiger charge is 2.35. The van der Waals surface area contributed by atoms with E-state index in [2.05, 4.69) is 5.32 Å². The Morgan fingerprint density at radius 3 is 2.27 bits per heavy atom. The Labute approximate surface area is 93.0 Å². The summed E-state index contributed by atoms with van der Waals surface area (Å²) in [5.41, 5.74) is -1.22. The molecule has 0 atom stereocenters. The Kier molecular flexibility index (Phi) is 3.43. The minimum absolute atomic E-state index is 0.110. The van der Waals surface area contributed by atoms with Gasteiger partial charge in [-0.1, -0.05) is 22.9 Å². The van der Waals surface area contributed by atoms with Crippen LogP contribution < -0.4 is 5.32 Å². The van der Waals surface area contributed by atoms with E-state index in [0.717, 1.165) is 11.3 Å². The first-order valence-electron chi connectivity index (χ1n) is 3.84. The molecule has 1 N–H and O–H groups in total. The highest BCUT2D eigenvalue weighted by Crippen LogP contribution is 2.47. The molecule has 0 aliphatic carbocycles. The first-order valence-corrected chi connectivity index (χ1v) is 5.03. The molecule has 0 unspecified atom stereocenters. The van der Waals surface area contributed by atoms with Crippen molar-refractivity contribution in [3.05, 3.63) is 24.6 Å². The largest absolute Gasteiger partial charge is 0.381 e. The summed E-state index contributed by atoms with van der Waals surface area (Å²) in [6, 6.07) is 0. The van der Waals surface area contributed by atoms with Crippen LogP contribution in [0.4, 0.5) is 16.4 Å². The number of nitrogens with zero attached hydrogens (tertiary/aromatic N) is 2. The van der Waals surface area contributed by atoms with Crippen molar-refractivity contribution in [2.75, 3.05) is 11.9 Å². The van der Waals surface area contributed by atoms with Crippen molar-refractivity contribution < 1.29 is 9.85 Å². The first kappa shape index (κ1) is 11.7.